The molecule has 0 radical (unpaired) electrons. The Kier molecular flexibility index (Phi) is 3.61. The molecule has 0 aliphatic heterocycles. The van der Waals surface area contributed by atoms with E-state index in [1.807, 2.05) is 0 Å². The Morgan fingerprint density at radius 3 is 2.61 bits per heavy atom. The largest absolute Gasteiger partial charge is 0.573 e. The lowest BCUT2D eigenvalue weighted by Crippen LogP contribution is -2.19. The first-order valence-electron chi connectivity index (χ1n) is 4.33. The van der Waals surface area contributed by atoms with Crippen LogP contribution in [0.3, 0.4) is 0 Å². The number of esters is 1. The standard InChI is InChI=1S/C9H6F3N3O3/c1-17-8(16)4-2-6(18-9(10,11)12)5(3-13)15-7(4)14/h2H,1H3,(H2,14,15). The summed E-state index contributed by atoms with van der Waals surface area (Å²) in [7, 11) is 1.02. The molecule has 0 spiro atoms. The summed E-state index contributed by atoms with van der Waals surface area (Å²) in [6.07, 6.45) is -5.02. The maximum absolute atomic E-state index is 12.1. The van der Waals surface area contributed by atoms with Crippen molar-refractivity contribution in [1.29, 1.82) is 5.26 Å². The van der Waals surface area contributed by atoms with Crippen LogP contribution in [0.4, 0.5) is 19.0 Å². The van der Waals surface area contributed by atoms with Crippen LogP contribution in [0.5, 0.6) is 5.75 Å². The van der Waals surface area contributed by atoms with E-state index in [0.29, 0.717) is 6.07 Å². The summed E-state index contributed by atoms with van der Waals surface area (Å²) in [6.45, 7) is 0. The first-order valence-corrected chi connectivity index (χ1v) is 4.33. The third kappa shape index (κ3) is 3.00. The predicted octanol–water partition coefficient (Wildman–Crippen LogP) is 1.22. The SMILES string of the molecule is COC(=O)c1cc(OC(F)(F)F)c(C#N)nc1N. The number of hydrogen-bond acceptors (Lipinski definition) is 6. The zero-order valence-corrected chi connectivity index (χ0v) is 8.91. The van der Waals surface area contributed by atoms with E-state index >= 15 is 0 Å². The van der Waals surface area contributed by atoms with Gasteiger partial charge in [-0.3, -0.25) is 0 Å². The first-order chi connectivity index (χ1) is 8.28. The molecule has 0 amide bonds. The second-order valence-corrected chi connectivity index (χ2v) is 2.92. The molecule has 0 unspecified atom stereocenters. The molecule has 1 rings (SSSR count). The number of carbonyl (C=O) groups excluding carboxylic acids is 1. The summed E-state index contributed by atoms with van der Waals surface area (Å²) in [4.78, 5) is 14.5. The summed E-state index contributed by atoms with van der Waals surface area (Å²) < 4.78 is 44.1. The number of aromatic nitrogens is 1. The maximum Gasteiger partial charge on any atom is 0.573 e. The van der Waals surface area contributed by atoms with Crippen molar-refractivity contribution in [3.05, 3.63) is 17.3 Å². The molecule has 0 fully saturated rings. The van der Waals surface area contributed by atoms with Gasteiger partial charge in [0.25, 0.3) is 0 Å². The van der Waals surface area contributed by atoms with Crippen LogP contribution in [-0.2, 0) is 4.74 Å². The van der Waals surface area contributed by atoms with Crippen molar-refractivity contribution >= 4 is 11.8 Å². The van der Waals surface area contributed by atoms with Crippen LogP contribution in [-0.4, -0.2) is 24.4 Å². The summed E-state index contributed by atoms with van der Waals surface area (Å²) in [5, 5.41) is 8.59. The fourth-order valence-electron chi connectivity index (χ4n) is 1.07. The van der Waals surface area contributed by atoms with Crippen molar-refractivity contribution in [3.63, 3.8) is 0 Å². The lowest BCUT2D eigenvalue weighted by molar-refractivity contribution is -0.274. The number of alkyl halides is 3. The molecule has 2 N–H and O–H groups in total. The van der Waals surface area contributed by atoms with Crippen LogP contribution in [0.2, 0.25) is 0 Å². The lowest BCUT2D eigenvalue weighted by atomic mass is 10.2. The Bertz CT molecular complexity index is 522. The van der Waals surface area contributed by atoms with Crippen LogP contribution in [0.1, 0.15) is 16.1 Å². The van der Waals surface area contributed by atoms with Gasteiger partial charge in [-0.1, -0.05) is 0 Å². The molecule has 6 nitrogen and oxygen atoms in total. The van der Waals surface area contributed by atoms with Crippen LogP contribution >= 0.6 is 0 Å². The smallest absolute Gasteiger partial charge is 0.465 e. The maximum atomic E-state index is 12.1. The number of pyridine rings is 1. The number of nitrogen functional groups attached to an aromatic ring is 1. The second-order valence-electron chi connectivity index (χ2n) is 2.92. The molecule has 0 saturated carbocycles. The van der Waals surface area contributed by atoms with Gasteiger partial charge in [-0.15, -0.1) is 13.2 Å². The number of rotatable bonds is 2. The van der Waals surface area contributed by atoms with Crippen molar-refractivity contribution in [2.45, 2.75) is 6.36 Å². The Hall–Kier alpha value is -2.50. The summed E-state index contributed by atoms with van der Waals surface area (Å²) >= 11 is 0. The predicted molar refractivity (Wildman–Crippen MR) is 51.4 cm³/mol. The molecular weight excluding hydrogens is 255 g/mol. The molecule has 96 valence electrons. The van der Waals surface area contributed by atoms with E-state index in [4.69, 9.17) is 11.0 Å². The van der Waals surface area contributed by atoms with E-state index in [1.54, 1.807) is 0 Å². The Balaban J connectivity index is 3.32. The quantitative estimate of drug-likeness (QED) is 0.803. The summed E-state index contributed by atoms with van der Waals surface area (Å²) in [5.74, 6) is -2.33. The normalized spacial score (nSPS) is 10.6. The molecule has 18 heavy (non-hydrogen) atoms. The lowest BCUT2D eigenvalue weighted by Gasteiger charge is -2.11. The topological polar surface area (TPSA) is 98.2 Å². The van der Waals surface area contributed by atoms with E-state index in [2.05, 4.69) is 14.5 Å². The number of anilines is 1. The highest BCUT2D eigenvalue weighted by molar-refractivity contribution is 5.94. The molecular formula is C9H6F3N3O3. The van der Waals surface area contributed by atoms with Crippen molar-refractivity contribution in [2.24, 2.45) is 0 Å². The van der Waals surface area contributed by atoms with Crippen molar-refractivity contribution in [1.82, 2.24) is 4.98 Å². The number of halogens is 3. The number of nitriles is 1. The van der Waals surface area contributed by atoms with Gasteiger partial charge in [-0.2, -0.15) is 5.26 Å². The van der Waals surface area contributed by atoms with Gasteiger partial charge in [0, 0.05) is 6.07 Å². The molecule has 9 heteroatoms. The highest BCUT2D eigenvalue weighted by Crippen LogP contribution is 2.28. The number of hydrogen-bond donors (Lipinski definition) is 1. The van der Waals surface area contributed by atoms with E-state index < -0.39 is 35.2 Å². The molecule has 1 aromatic heterocycles. The van der Waals surface area contributed by atoms with Crippen LogP contribution in [0.15, 0.2) is 6.07 Å². The van der Waals surface area contributed by atoms with E-state index in [9.17, 15) is 18.0 Å². The van der Waals surface area contributed by atoms with Gasteiger partial charge in [0.15, 0.2) is 11.4 Å². The van der Waals surface area contributed by atoms with Gasteiger partial charge in [0.2, 0.25) is 0 Å². The van der Waals surface area contributed by atoms with E-state index in [-0.39, 0.29) is 0 Å². The zero-order chi connectivity index (χ0) is 13.9. The molecule has 0 saturated heterocycles. The average Bonchev–Trinajstić information content (AvgIpc) is 2.28. The molecule has 1 heterocycles. The highest BCUT2D eigenvalue weighted by atomic mass is 19.4. The number of carbonyl (C=O) groups is 1. The van der Waals surface area contributed by atoms with Crippen molar-refractivity contribution in [2.75, 3.05) is 12.8 Å². The molecule has 0 aliphatic carbocycles. The van der Waals surface area contributed by atoms with Gasteiger partial charge >= 0.3 is 12.3 Å². The highest BCUT2D eigenvalue weighted by Gasteiger charge is 2.33. The van der Waals surface area contributed by atoms with Crippen molar-refractivity contribution < 1.29 is 27.4 Å². The monoisotopic (exact) mass is 261 g/mol. The fraction of sp³-hybridized carbons (Fsp3) is 0.222. The average molecular weight is 261 g/mol. The third-order valence-electron chi connectivity index (χ3n) is 1.75. The minimum absolute atomic E-state index is 0.421. The van der Waals surface area contributed by atoms with Gasteiger partial charge < -0.3 is 15.2 Å². The van der Waals surface area contributed by atoms with Gasteiger partial charge in [-0.25, -0.2) is 9.78 Å². The molecule has 1 aromatic rings. The Labute approximate surface area is 98.7 Å². The molecule has 0 atom stereocenters. The molecule has 0 aliphatic rings. The van der Waals surface area contributed by atoms with Crippen molar-refractivity contribution in [3.8, 4) is 11.8 Å². The van der Waals surface area contributed by atoms with E-state index in [1.165, 1.54) is 6.07 Å². The summed E-state index contributed by atoms with van der Waals surface area (Å²) in [6, 6.07) is 2.03. The minimum Gasteiger partial charge on any atom is -0.465 e. The Morgan fingerprint density at radius 2 is 2.17 bits per heavy atom. The molecule has 0 bridgehead atoms. The third-order valence-corrected chi connectivity index (χ3v) is 1.75. The fourth-order valence-corrected chi connectivity index (χ4v) is 1.07. The van der Waals surface area contributed by atoms with Gasteiger partial charge in [-0.05, 0) is 0 Å². The second kappa shape index (κ2) is 4.79. The van der Waals surface area contributed by atoms with E-state index in [0.717, 1.165) is 7.11 Å². The van der Waals surface area contributed by atoms with Crippen LogP contribution in [0.25, 0.3) is 0 Å². The minimum atomic E-state index is -5.02. The number of nitrogens with zero attached hydrogens (tertiary/aromatic N) is 2. The first kappa shape index (κ1) is 13.6. The van der Waals surface area contributed by atoms with Crippen LogP contribution < -0.4 is 10.5 Å². The molecule has 0 aromatic carbocycles. The summed E-state index contributed by atoms with van der Waals surface area (Å²) in [5.41, 5.74) is 4.20. The van der Waals surface area contributed by atoms with Gasteiger partial charge in [0.1, 0.15) is 17.5 Å². The number of nitrogens with two attached hydrogens (primary N) is 1. The van der Waals surface area contributed by atoms with Gasteiger partial charge in [0.05, 0.1) is 7.11 Å². The zero-order valence-electron chi connectivity index (χ0n) is 8.91. The Morgan fingerprint density at radius 1 is 1.56 bits per heavy atom. The number of methoxy groups -OCH3 is 1. The van der Waals surface area contributed by atoms with Crippen LogP contribution in [0, 0.1) is 11.3 Å². The number of ether oxygens (including phenoxy) is 2.